The lowest BCUT2D eigenvalue weighted by Crippen LogP contribution is -2.34. The van der Waals surface area contributed by atoms with Gasteiger partial charge in [-0.25, -0.2) is 4.79 Å². The van der Waals surface area contributed by atoms with Gasteiger partial charge in [-0.2, -0.15) is 0 Å². The van der Waals surface area contributed by atoms with E-state index in [0.29, 0.717) is 35.5 Å². The number of rotatable bonds is 3. The number of benzene rings is 2. The Bertz CT molecular complexity index is 749. The van der Waals surface area contributed by atoms with E-state index in [-0.39, 0.29) is 0 Å². The molecule has 1 aliphatic heterocycles. The van der Waals surface area contributed by atoms with E-state index in [1.165, 1.54) is 10.5 Å². The Morgan fingerprint density at radius 2 is 1.96 bits per heavy atom. The normalized spacial score (nSPS) is 13.6. The fourth-order valence-corrected chi connectivity index (χ4v) is 2.90. The van der Waals surface area contributed by atoms with E-state index in [4.69, 9.17) is 33.0 Å². The number of nitrogens with zero attached hydrogens (tertiary/aromatic N) is 1. The van der Waals surface area contributed by atoms with Crippen molar-refractivity contribution in [1.82, 2.24) is 4.90 Å². The van der Waals surface area contributed by atoms with Crippen molar-refractivity contribution in [3.63, 3.8) is 0 Å². The molecule has 1 aliphatic rings. The van der Waals surface area contributed by atoms with Crippen LogP contribution in [0.1, 0.15) is 16.7 Å². The standard InChI is InChI=1S/C17H15Cl2NO3/c18-15-4-1-11(7-16(15)19)10-23-14-3-2-12-5-6-20(17(21)22)9-13(12)8-14/h1-4,7-8H,5-6,9-10H2,(H,21,22). The molecule has 0 spiro atoms. The third-order valence-electron chi connectivity index (χ3n) is 3.85. The number of carbonyl (C=O) groups is 1. The van der Waals surface area contributed by atoms with E-state index >= 15 is 0 Å². The predicted molar refractivity (Wildman–Crippen MR) is 89.4 cm³/mol. The molecule has 0 bridgehead atoms. The highest BCUT2D eigenvalue weighted by Gasteiger charge is 2.20. The third-order valence-corrected chi connectivity index (χ3v) is 4.59. The molecule has 0 aromatic heterocycles. The van der Waals surface area contributed by atoms with Gasteiger partial charge in [0.15, 0.2) is 0 Å². The van der Waals surface area contributed by atoms with Crippen LogP contribution in [0.25, 0.3) is 0 Å². The summed E-state index contributed by atoms with van der Waals surface area (Å²) in [6.07, 6.45) is -0.160. The molecular weight excluding hydrogens is 337 g/mol. The molecule has 1 amide bonds. The van der Waals surface area contributed by atoms with Gasteiger partial charge < -0.3 is 14.7 Å². The molecule has 0 radical (unpaired) electrons. The topological polar surface area (TPSA) is 49.8 Å². The maximum absolute atomic E-state index is 11.1. The highest BCUT2D eigenvalue weighted by molar-refractivity contribution is 6.42. The number of amides is 1. The lowest BCUT2D eigenvalue weighted by molar-refractivity contribution is 0.140. The second-order valence-corrected chi connectivity index (χ2v) is 6.24. The van der Waals surface area contributed by atoms with Gasteiger partial charge in [0.05, 0.1) is 10.0 Å². The Kier molecular flexibility index (Phi) is 4.64. The van der Waals surface area contributed by atoms with E-state index in [2.05, 4.69) is 0 Å². The van der Waals surface area contributed by atoms with Crippen LogP contribution in [0.4, 0.5) is 4.79 Å². The van der Waals surface area contributed by atoms with E-state index in [1.54, 1.807) is 12.1 Å². The van der Waals surface area contributed by atoms with E-state index in [0.717, 1.165) is 17.5 Å². The summed E-state index contributed by atoms with van der Waals surface area (Å²) in [7, 11) is 0. The van der Waals surface area contributed by atoms with Crippen molar-refractivity contribution in [2.24, 2.45) is 0 Å². The Balaban J connectivity index is 1.70. The molecule has 0 fully saturated rings. The van der Waals surface area contributed by atoms with Crippen molar-refractivity contribution in [1.29, 1.82) is 0 Å². The van der Waals surface area contributed by atoms with Crippen LogP contribution < -0.4 is 4.74 Å². The highest BCUT2D eigenvalue weighted by atomic mass is 35.5. The number of ether oxygens (including phenoxy) is 1. The molecule has 0 aliphatic carbocycles. The SMILES string of the molecule is O=C(O)N1CCc2ccc(OCc3ccc(Cl)c(Cl)c3)cc2C1. The zero-order valence-electron chi connectivity index (χ0n) is 12.3. The average molecular weight is 352 g/mol. The summed E-state index contributed by atoms with van der Waals surface area (Å²) >= 11 is 11.9. The van der Waals surface area contributed by atoms with Crippen molar-refractivity contribution in [3.05, 3.63) is 63.1 Å². The van der Waals surface area contributed by atoms with Crippen LogP contribution in [0.3, 0.4) is 0 Å². The molecule has 2 aromatic rings. The van der Waals surface area contributed by atoms with E-state index < -0.39 is 6.09 Å². The van der Waals surface area contributed by atoms with Gasteiger partial charge in [-0.3, -0.25) is 0 Å². The Morgan fingerprint density at radius 1 is 1.13 bits per heavy atom. The first-order valence-corrected chi connectivity index (χ1v) is 7.95. The molecule has 0 saturated heterocycles. The zero-order valence-corrected chi connectivity index (χ0v) is 13.8. The molecule has 6 heteroatoms. The third kappa shape index (κ3) is 3.71. The van der Waals surface area contributed by atoms with Gasteiger partial charge >= 0.3 is 6.09 Å². The van der Waals surface area contributed by atoms with Crippen molar-refractivity contribution in [3.8, 4) is 5.75 Å². The summed E-state index contributed by atoms with van der Waals surface area (Å²) in [5, 5.41) is 10.1. The number of halogens is 2. The van der Waals surface area contributed by atoms with Gasteiger partial charge in [-0.1, -0.05) is 35.3 Å². The van der Waals surface area contributed by atoms with Crippen LogP contribution in [-0.2, 0) is 19.6 Å². The first-order chi connectivity index (χ1) is 11.0. The monoisotopic (exact) mass is 351 g/mol. The minimum atomic E-state index is -0.891. The van der Waals surface area contributed by atoms with Gasteiger partial charge in [-0.05, 0) is 47.4 Å². The van der Waals surface area contributed by atoms with Gasteiger partial charge in [-0.15, -0.1) is 0 Å². The summed E-state index contributed by atoms with van der Waals surface area (Å²) in [5.41, 5.74) is 3.08. The number of hydrogen-bond donors (Lipinski definition) is 1. The van der Waals surface area contributed by atoms with Crippen LogP contribution in [0, 0.1) is 0 Å². The minimum absolute atomic E-state index is 0.373. The lowest BCUT2D eigenvalue weighted by Gasteiger charge is -2.26. The maximum atomic E-state index is 11.1. The molecule has 0 unspecified atom stereocenters. The summed E-state index contributed by atoms with van der Waals surface area (Å²) in [6.45, 7) is 1.30. The van der Waals surface area contributed by atoms with E-state index in [9.17, 15) is 4.79 Å². The largest absolute Gasteiger partial charge is 0.489 e. The van der Waals surface area contributed by atoms with Gasteiger partial charge in [0.1, 0.15) is 12.4 Å². The fraction of sp³-hybridized carbons (Fsp3) is 0.235. The van der Waals surface area contributed by atoms with Crippen molar-refractivity contribution in [2.75, 3.05) is 6.54 Å². The second kappa shape index (κ2) is 6.69. The molecule has 120 valence electrons. The molecule has 0 saturated carbocycles. The molecule has 2 aromatic carbocycles. The van der Waals surface area contributed by atoms with Crippen LogP contribution >= 0.6 is 23.2 Å². The Labute approximate surface area is 144 Å². The van der Waals surface area contributed by atoms with Gasteiger partial charge in [0.25, 0.3) is 0 Å². The average Bonchev–Trinajstić information content (AvgIpc) is 2.55. The molecule has 1 N–H and O–H groups in total. The molecular formula is C17H15Cl2NO3. The smallest absolute Gasteiger partial charge is 0.407 e. The summed E-state index contributed by atoms with van der Waals surface area (Å²) in [4.78, 5) is 12.5. The number of hydrogen-bond acceptors (Lipinski definition) is 2. The van der Waals surface area contributed by atoms with Crippen LogP contribution in [-0.4, -0.2) is 22.6 Å². The molecule has 1 heterocycles. The lowest BCUT2D eigenvalue weighted by atomic mass is 10.00. The van der Waals surface area contributed by atoms with Crippen molar-refractivity contribution >= 4 is 29.3 Å². The second-order valence-electron chi connectivity index (χ2n) is 5.42. The maximum Gasteiger partial charge on any atom is 0.407 e. The Morgan fingerprint density at radius 3 is 2.70 bits per heavy atom. The van der Waals surface area contributed by atoms with Crippen LogP contribution in [0.15, 0.2) is 36.4 Å². The van der Waals surface area contributed by atoms with Crippen LogP contribution in [0.5, 0.6) is 5.75 Å². The van der Waals surface area contributed by atoms with Crippen molar-refractivity contribution < 1.29 is 14.6 Å². The molecule has 4 nitrogen and oxygen atoms in total. The summed E-state index contributed by atoms with van der Waals surface area (Å²) in [6, 6.07) is 11.2. The van der Waals surface area contributed by atoms with E-state index in [1.807, 2.05) is 24.3 Å². The zero-order chi connectivity index (χ0) is 16.4. The van der Waals surface area contributed by atoms with Crippen molar-refractivity contribution in [2.45, 2.75) is 19.6 Å². The molecule has 3 rings (SSSR count). The molecule has 0 atom stereocenters. The first-order valence-electron chi connectivity index (χ1n) is 7.19. The molecule has 23 heavy (non-hydrogen) atoms. The number of carboxylic acid groups (broad SMARTS) is 1. The first kappa shape index (κ1) is 16.0. The highest BCUT2D eigenvalue weighted by Crippen LogP contribution is 2.26. The van der Waals surface area contributed by atoms with Crippen LogP contribution in [0.2, 0.25) is 10.0 Å². The number of fused-ring (bicyclic) bond motifs is 1. The summed E-state index contributed by atoms with van der Waals surface area (Å²) in [5.74, 6) is 0.710. The fourth-order valence-electron chi connectivity index (χ4n) is 2.58. The summed E-state index contributed by atoms with van der Waals surface area (Å²) < 4.78 is 5.78. The minimum Gasteiger partial charge on any atom is -0.489 e. The quantitative estimate of drug-likeness (QED) is 0.878. The Hall–Kier alpha value is -1.91. The van der Waals surface area contributed by atoms with Gasteiger partial charge in [0.2, 0.25) is 0 Å². The predicted octanol–water partition coefficient (Wildman–Crippen LogP) is 4.61. The van der Waals surface area contributed by atoms with Gasteiger partial charge in [0, 0.05) is 13.1 Å².